The second-order valence-corrected chi connectivity index (χ2v) is 6.17. The summed E-state index contributed by atoms with van der Waals surface area (Å²) in [5.74, 6) is 0.715. The van der Waals surface area contributed by atoms with Crippen LogP contribution >= 0.6 is 11.3 Å². The zero-order valence-corrected chi connectivity index (χ0v) is 12.5. The maximum Gasteiger partial charge on any atom is 0.0931 e. The van der Waals surface area contributed by atoms with E-state index in [-0.39, 0.29) is 0 Å². The molecule has 0 amide bonds. The van der Waals surface area contributed by atoms with Crippen LogP contribution in [0.4, 0.5) is 0 Å². The van der Waals surface area contributed by atoms with Crippen molar-refractivity contribution < 1.29 is 0 Å². The summed E-state index contributed by atoms with van der Waals surface area (Å²) >= 11 is 1.90. The van der Waals surface area contributed by atoms with E-state index in [4.69, 9.17) is 4.98 Å². The predicted octanol–water partition coefficient (Wildman–Crippen LogP) is 3.79. The molecule has 1 aromatic rings. The van der Waals surface area contributed by atoms with E-state index < -0.39 is 0 Å². The van der Waals surface area contributed by atoms with Gasteiger partial charge in [0.1, 0.15) is 0 Å². The molecule has 0 aliphatic carbocycles. The Labute approximate surface area is 110 Å². The van der Waals surface area contributed by atoms with Gasteiger partial charge in [0.05, 0.1) is 10.7 Å². The van der Waals surface area contributed by atoms with Gasteiger partial charge in [-0.1, -0.05) is 34.1 Å². The normalized spacial score (nSPS) is 11.4. The highest BCUT2D eigenvalue weighted by Gasteiger charge is 2.09. The molecule has 0 unspecified atom stereocenters. The Bertz CT molecular complexity index is 318. The van der Waals surface area contributed by atoms with E-state index in [2.05, 4.69) is 33.0 Å². The second-order valence-electron chi connectivity index (χ2n) is 5.00. The maximum atomic E-state index is 4.77. The number of nitrogens with zero attached hydrogens (tertiary/aromatic N) is 1. The van der Waals surface area contributed by atoms with Gasteiger partial charge in [-0.15, -0.1) is 11.3 Å². The summed E-state index contributed by atoms with van der Waals surface area (Å²) in [6.45, 7) is 11.0. The molecular weight excluding hydrogens is 228 g/mol. The summed E-state index contributed by atoms with van der Waals surface area (Å²) in [5.41, 5.74) is 1.33. The molecule has 0 spiro atoms. The van der Waals surface area contributed by atoms with E-state index in [0.29, 0.717) is 5.92 Å². The summed E-state index contributed by atoms with van der Waals surface area (Å²) in [4.78, 5) is 6.22. The molecule has 0 aromatic carbocycles. The molecule has 3 heteroatoms. The first-order chi connectivity index (χ1) is 8.17. The van der Waals surface area contributed by atoms with Crippen molar-refractivity contribution in [3.63, 3.8) is 0 Å². The third kappa shape index (κ3) is 5.17. The van der Waals surface area contributed by atoms with Crippen LogP contribution in [0.2, 0.25) is 0 Å². The van der Waals surface area contributed by atoms with Crippen LogP contribution in [0.1, 0.15) is 56.1 Å². The second kappa shape index (κ2) is 7.83. The Morgan fingerprint density at radius 2 is 1.88 bits per heavy atom. The van der Waals surface area contributed by atoms with Crippen LogP contribution in [-0.4, -0.2) is 11.5 Å². The quantitative estimate of drug-likeness (QED) is 0.763. The molecule has 2 nitrogen and oxygen atoms in total. The number of nitrogens with one attached hydrogen (secondary N) is 1. The predicted molar refractivity (Wildman–Crippen MR) is 76.6 cm³/mol. The molecule has 1 N–H and O–H groups in total. The largest absolute Gasteiger partial charge is 0.312 e. The lowest BCUT2D eigenvalue weighted by Gasteiger charge is -2.06. The van der Waals surface area contributed by atoms with Gasteiger partial charge in [0, 0.05) is 11.4 Å². The highest BCUT2D eigenvalue weighted by Crippen LogP contribution is 2.21. The molecule has 0 bridgehead atoms. The highest BCUT2D eigenvalue weighted by molar-refractivity contribution is 7.11. The third-order valence-electron chi connectivity index (χ3n) is 2.61. The summed E-state index contributed by atoms with van der Waals surface area (Å²) in [6.07, 6.45) is 4.63. The number of rotatable bonds is 8. The number of thiazole rings is 1. The van der Waals surface area contributed by atoms with Gasteiger partial charge in [0.15, 0.2) is 0 Å². The molecule has 0 aliphatic rings. The first-order valence-corrected chi connectivity index (χ1v) is 7.67. The van der Waals surface area contributed by atoms with Gasteiger partial charge >= 0.3 is 0 Å². The van der Waals surface area contributed by atoms with Gasteiger partial charge in [-0.05, 0) is 31.7 Å². The molecule has 0 atom stereocenters. The minimum absolute atomic E-state index is 0.715. The summed E-state index contributed by atoms with van der Waals surface area (Å²) < 4.78 is 0. The third-order valence-corrected chi connectivity index (χ3v) is 3.77. The fourth-order valence-corrected chi connectivity index (χ4v) is 2.99. The first-order valence-electron chi connectivity index (χ1n) is 6.85. The van der Waals surface area contributed by atoms with Gasteiger partial charge in [-0.3, -0.25) is 0 Å². The fourth-order valence-electron chi connectivity index (χ4n) is 1.80. The molecule has 0 fully saturated rings. The van der Waals surface area contributed by atoms with Crippen LogP contribution in [-0.2, 0) is 19.4 Å². The van der Waals surface area contributed by atoms with Crippen LogP contribution in [0.25, 0.3) is 0 Å². The fraction of sp³-hybridized carbons (Fsp3) is 0.786. The smallest absolute Gasteiger partial charge is 0.0931 e. The molecule has 0 saturated carbocycles. The number of hydrogen-bond donors (Lipinski definition) is 1. The number of aromatic nitrogens is 1. The van der Waals surface area contributed by atoms with Crippen LogP contribution in [0.3, 0.4) is 0 Å². The lowest BCUT2D eigenvalue weighted by atomic mass is 10.2. The summed E-state index contributed by atoms with van der Waals surface area (Å²) in [5, 5.41) is 4.84. The van der Waals surface area contributed by atoms with Crippen molar-refractivity contribution >= 4 is 11.3 Å². The van der Waals surface area contributed by atoms with E-state index in [1.54, 1.807) is 0 Å². The average molecular weight is 254 g/mol. The standard InChI is InChI=1S/C14H26N2S/c1-5-7-12-13(10-15-9-11(3)4)17-14(16-12)8-6-2/h11,15H,5-10H2,1-4H3. The van der Waals surface area contributed by atoms with Crippen LogP contribution in [0.15, 0.2) is 0 Å². The average Bonchev–Trinajstić information content (AvgIpc) is 2.62. The van der Waals surface area contributed by atoms with Crippen LogP contribution < -0.4 is 5.32 Å². The molecule has 17 heavy (non-hydrogen) atoms. The molecular formula is C14H26N2S. The Kier molecular flexibility index (Phi) is 6.75. The van der Waals surface area contributed by atoms with E-state index in [1.807, 2.05) is 11.3 Å². The van der Waals surface area contributed by atoms with E-state index in [9.17, 15) is 0 Å². The van der Waals surface area contributed by atoms with Crippen molar-refractivity contribution in [1.82, 2.24) is 10.3 Å². The van der Waals surface area contributed by atoms with Crippen LogP contribution in [0.5, 0.6) is 0 Å². The van der Waals surface area contributed by atoms with E-state index in [0.717, 1.165) is 25.9 Å². The SMILES string of the molecule is CCCc1nc(CCC)c(CNCC(C)C)s1. The van der Waals surface area contributed by atoms with Crippen molar-refractivity contribution in [2.24, 2.45) is 5.92 Å². The van der Waals surface area contributed by atoms with Crippen molar-refractivity contribution in [2.45, 2.75) is 59.9 Å². The molecule has 0 aliphatic heterocycles. The Balaban J connectivity index is 2.60. The topological polar surface area (TPSA) is 24.9 Å². The minimum Gasteiger partial charge on any atom is -0.312 e. The Morgan fingerprint density at radius 1 is 1.18 bits per heavy atom. The molecule has 1 aromatic heterocycles. The van der Waals surface area contributed by atoms with Crippen molar-refractivity contribution in [2.75, 3.05) is 6.54 Å². The number of aryl methyl sites for hydroxylation is 2. The zero-order chi connectivity index (χ0) is 12.7. The van der Waals surface area contributed by atoms with Crippen molar-refractivity contribution in [3.8, 4) is 0 Å². The van der Waals surface area contributed by atoms with Gasteiger partial charge in [0.2, 0.25) is 0 Å². The zero-order valence-electron chi connectivity index (χ0n) is 11.7. The summed E-state index contributed by atoms with van der Waals surface area (Å²) in [7, 11) is 0. The maximum absolute atomic E-state index is 4.77. The highest BCUT2D eigenvalue weighted by atomic mass is 32.1. The van der Waals surface area contributed by atoms with E-state index in [1.165, 1.54) is 28.4 Å². The molecule has 98 valence electrons. The Morgan fingerprint density at radius 3 is 2.47 bits per heavy atom. The molecule has 0 radical (unpaired) electrons. The minimum atomic E-state index is 0.715. The van der Waals surface area contributed by atoms with Crippen LogP contribution in [0, 0.1) is 5.92 Å². The van der Waals surface area contributed by atoms with Crippen molar-refractivity contribution in [1.29, 1.82) is 0 Å². The van der Waals surface area contributed by atoms with Gasteiger partial charge in [0.25, 0.3) is 0 Å². The molecule has 1 rings (SSSR count). The first kappa shape index (κ1) is 14.7. The van der Waals surface area contributed by atoms with E-state index >= 15 is 0 Å². The van der Waals surface area contributed by atoms with Crippen molar-refractivity contribution in [3.05, 3.63) is 15.6 Å². The van der Waals surface area contributed by atoms with Gasteiger partial charge < -0.3 is 5.32 Å². The van der Waals surface area contributed by atoms with Gasteiger partial charge in [-0.25, -0.2) is 4.98 Å². The Hall–Kier alpha value is -0.410. The molecule has 1 heterocycles. The molecule has 0 saturated heterocycles. The number of hydrogen-bond acceptors (Lipinski definition) is 3. The van der Waals surface area contributed by atoms with Gasteiger partial charge in [-0.2, -0.15) is 0 Å². The lowest BCUT2D eigenvalue weighted by Crippen LogP contribution is -2.19. The monoisotopic (exact) mass is 254 g/mol. The lowest BCUT2D eigenvalue weighted by molar-refractivity contribution is 0.553. The summed E-state index contributed by atoms with van der Waals surface area (Å²) in [6, 6.07) is 0.